The lowest BCUT2D eigenvalue weighted by Crippen LogP contribution is -2.48. The molecule has 0 bridgehead atoms. The minimum Gasteiger partial charge on any atom is -0.491 e. The standard InChI is InChI=1S/C28H30F2N2O3S/c1-19(2)10-13-31(28(34)22-8-3-4-9-24(22)30)17-27(33)32-14-11-26-23(12-15-36-26)25(32)18-35-21-7-5-6-20(29)16-21/h3-9,12,15-16,19,25H,10-11,13-14,17-18H2,1-2H3. The highest BCUT2D eigenvalue weighted by Crippen LogP contribution is 2.34. The number of amides is 2. The van der Waals surface area contributed by atoms with Crippen LogP contribution >= 0.6 is 11.3 Å². The number of thiophene rings is 1. The first kappa shape index (κ1) is 25.8. The maximum absolute atomic E-state index is 14.4. The van der Waals surface area contributed by atoms with E-state index in [-0.39, 0.29) is 30.7 Å². The Bertz CT molecular complexity index is 1210. The van der Waals surface area contributed by atoms with Crippen LogP contribution in [0, 0.1) is 17.6 Å². The number of carbonyl (C=O) groups excluding carboxylic acids is 2. The molecular formula is C28H30F2N2O3S. The number of carbonyl (C=O) groups is 2. The second kappa shape index (κ2) is 11.6. The van der Waals surface area contributed by atoms with E-state index in [4.69, 9.17) is 4.74 Å². The van der Waals surface area contributed by atoms with Gasteiger partial charge < -0.3 is 14.5 Å². The van der Waals surface area contributed by atoms with E-state index >= 15 is 0 Å². The van der Waals surface area contributed by atoms with Crippen molar-refractivity contribution in [3.63, 3.8) is 0 Å². The zero-order valence-corrected chi connectivity index (χ0v) is 21.3. The van der Waals surface area contributed by atoms with Gasteiger partial charge >= 0.3 is 0 Å². The molecule has 3 aromatic rings. The Hall–Kier alpha value is -3.26. The Morgan fingerprint density at radius 1 is 1.14 bits per heavy atom. The second-order valence-electron chi connectivity index (χ2n) is 9.31. The van der Waals surface area contributed by atoms with Gasteiger partial charge in [0.1, 0.15) is 30.5 Å². The fourth-order valence-corrected chi connectivity index (χ4v) is 5.26. The summed E-state index contributed by atoms with van der Waals surface area (Å²) >= 11 is 1.64. The number of halogens is 2. The predicted molar refractivity (Wildman–Crippen MR) is 136 cm³/mol. The summed E-state index contributed by atoms with van der Waals surface area (Å²) in [7, 11) is 0. The van der Waals surface area contributed by atoms with Crippen molar-refractivity contribution in [1.29, 1.82) is 0 Å². The van der Waals surface area contributed by atoms with Crippen LogP contribution in [-0.2, 0) is 11.2 Å². The van der Waals surface area contributed by atoms with Gasteiger partial charge in [0.2, 0.25) is 5.91 Å². The summed E-state index contributed by atoms with van der Waals surface area (Å²) in [6.45, 7) is 4.90. The number of rotatable bonds is 9. The summed E-state index contributed by atoms with van der Waals surface area (Å²) in [4.78, 5) is 31.2. The second-order valence-corrected chi connectivity index (χ2v) is 10.3. The number of fused-ring (bicyclic) bond motifs is 1. The van der Waals surface area contributed by atoms with Gasteiger partial charge in [-0.15, -0.1) is 11.3 Å². The topological polar surface area (TPSA) is 49.9 Å². The highest BCUT2D eigenvalue weighted by molar-refractivity contribution is 7.10. The largest absolute Gasteiger partial charge is 0.491 e. The molecule has 0 spiro atoms. The van der Waals surface area contributed by atoms with Crippen molar-refractivity contribution in [3.05, 3.63) is 87.6 Å². The SMILES string of the molecule is CC(C)CCN(CC(=O)N1CCc2sccc2C1COc1cccc(F)c1)C(=O)c1ccccc1F. The van der Waals surface area contributed by atoms with Crippen LogP contribution in [0.4, 0.5) is 8.78 Å². The maximum atomic E-state index is 14.4. The molecule has 2 amide bonds. The third-order valence-corrected chi connectivity index (χ3v) is 7.31. The highest BCUT2D eigenvalue weighted by atomic mass is 32.1. The highest BCUT2D eigenvalue weighted by Gasteiger charge is 2.34. The van der Waals surface area contributed by atoms with Crippen molar-refractivity contribution in [1.82, 2.24) is 9.80 Å². The van der Waals surface area contributed by atoms with Gasteiger partial charge in [0.15, 0.2) is 0 Å². The predicted octanol–water partition coefficient (Wildman–Crippen LogP) is 5.72. The third kappa shape index (κ3) is 6.10. The smallest absolute Gasteiger partial charge is 0.257 e. The molecule has 2 heterocycles. The van der Waals surface area contributed by atoms with Crippen LogP contribution in [0.25, 0.3) is 0 Å². The van der Waals surface area contributed by atoms with E-state index in [0.29, 0.717) is 37.6 Å². The number of ether oxygens (including phenoxy) is 1. The fraction of sp³-hybridized carbons (Fsp3) is 0.357. The van der Waals surface area contributed by atoms with Gasteiger partial charge in [0.05, 0.1) is 11.6 Å². The number of nitrogens with zero attached hydrogens (tertiary/aromatic N) is 2. The zero-order valence-electron chi connectivity index (χ0n) is 20.5. The van der Waals surface area contributed by atoms with E-state index in [1.165, 1.54) is 40.1 Å². The van der Waals surface area contributed by atoms with E-state index in [2.05, 4.69) is 0 Å². The summed E-state index contributed by atoms with van der Waals surface area (Å²) in [5.41, 5.74) is 0.962. The summed E-state index contributed by atoms with van der Waals surface area (Å²) in [5, 5.41) is 1.99. The first-order valence-corrected chi connectivity index (χ1v) is 13.0. The van der Waals surface area contributed by atoms with Crippen LogP contribution < -0.4 is 4.74 Å². The minimum atomic E-state index is -0.605. The van der Waals surface area contributed by atoms with E-state index in [1.807, 2.05) is 25.3 Å². The normalized spacial score (nSPS) is 15.0. The minimum absolute atomic E-state index is 0.0428. The molecule has 1 aliphatic heterocycles. The van der Waals surface area contributed by atoms with Gasteiger partial charge in [-0.1, -0.05) is 32.0 Å². The molecule has 2 aromatic carbocycles. The van der Waals surface area contributed by atoms with Gasteiger partial charge in [-0.05, 0) is 60.0 Å². The van der Waals surface area contributed by atoms with Crippen LogP contribution in [-0.4, -0.2) is 47.9 Å². The van der Waals surface area contributed by atoms with Crippen molar-refractivity contribution in [2.45, 2.75) is 32.7 Å². The Kier molecular flexibility index (Phi) is 8.36. The fourth-order valence-electron chi connectivity index (χ4n) is 4.33. The van der Waals surface area contributed by atoms with Crippen molar-refractivity contribution in [2.24, 2.45) is 5.92 Å². The van der Waals surface area contributed by atoms with Crippen LogP contribution in [0.3, 0.4) is 0 Å². The van der Waals surface area contributed by atoms with Crippen molar-refractivity contribution in [2.75, 3.05) is 26.2 Å². The lowest BCUT2D eigenvalue weighted by atomic mass is 10.00. The van der Waals surface area contributed by atoms with E-state index in [1.54, 1.807) is 34.4 Å². The number of benzene rings is 2. The van der Waals surface area contributed by atoms with Gasteiger partial charge in [-0.3, -0.25) is 9.59 Å². The van der Waals surface area contributed by atoms with E-state index in [9.17, 15) is 18.4 Å². The molecular weight excluding hydrogens is 482 g/mol. The molecule has 1 aliphatic rings. The Balaban J connectivity index is 1.54. The van der Waals surface area contributed by atoms with Crippen molar-refractivity contribution in [3.8, 4) is 5.75 Å². The quantitative estimate of drug-likeness (QED) is 0.369. The van der Waals surface area contributed by atoms with E-state index < -0.39 is 17.5 Å². The first-order valence-electron chi connectivity index (χ1n) is 12.1. The van der Waals surface area contributed by atoms with Crippen LogP contribution in [0.1, 0.15) is 47.1 Å². The Morgan fingerprint density at radius 2 is 1.94 bits per heavy atom. The monoisotopic (exact) mass is 512 g/mol. The zero-order chi connectivity index (χ0) is 25.7. The summed E-state index contributed by atoms with van der Waals surface area (Å²) in [6, 6.07) is 13.4. The lowest BCUT2D eigenvalue weighted by molar-refractivity contribution is -0.135. The average Bonchev–Trinajstić information content (AvgIpc) is 3.34. The lowest BCUT2D eigenvalue weighted by Gasteiger charge is -2.37. The van der Waals surface area contributed by atoms with Gasteiger partial charge in [-0.25, -0.2) is 8.78 Å². The third-order valence-electron chi connectivity index (χ3n) is 6.31. The average molecular weight is 513 g/mol. The van der Waals surface area contributed by atoms with Gasteiger partial charge in [0, 0.05) is 24.0 Å². The molecule has 0 fully saturated rings. The number of hydrogen-bond acceptors (Lipinski definition) is 4. The van der Waals surface area contributed by atoms with Crippen molar-refractivity contribution < 1.29 is 23.1 Å². The molecule has 4 rings (SSSR count). The molecule has 0 saturated heterocycles. The Labute approximate surface area is 214 Å². The first-order chi connectivity index (χ1) is 17.3. The van der Waals surface area contributed by atoms with Crippen molar-refractivity contribution >= 4 is 23.2 Å². The molecule has 0 saturated carbocycles. The number of hydrogen-bond donors (Lipinski definition) is 0. The summed E-state index contributed by atoms with van der Waals surface area (Å²) < 4.78 is 33.9. The molecule has 5 nitrogen and oxygen atoms in total. The summed E-state index contributed by atoms with van der Waals surface area (Å²) in [5.74, 6) is -1.03. The molecule has 1 atom stereocenters. The molecule has 8 heteroatoms. The van der Waals surface area contributed by atoms with Crippen LogP contribution in [0.2, 0.25) is 0 Å². The molecule has 1 aromatic heterocycles. The molecule has 0 aliphatic carbocycles. The Morgan fingerprint density at radius 3 is 2.69 bits per heavy atom. The van der Waals surface area contributed by atoms with Crippen LogP contribution in [0.5, 0.6) is 5.75 Å². The molecule has 1 unspecified atom stereocenters. The van der Waals surface area contributed by atoms with Gasteiger partial charge in [0.25, 0.3) is 5.91 Å². The van der Waals surface area contributed by atoms with Crippen LogP contribution in [0.15, 0.2) is 60.0 Å². The molecule has 190 valence electrons. The maximum Gasteiger partial charge on any atom is 0.257 e. The van der Waals surface area contributed by atoms with E-state index in [0.717, 1.165) is 5.56 Å². The molecule has 36 heavy (non-hydrogen) atoms. The molecule has 0 radical (unpaired) electrons. The summed E-state index contributed by atoms with van der Waals surface area (Å²) in [6.07, 6.45) is 1.40. The molecule has 0 N–H and O–H groups in total. The van der Waals surface area contributed by atoms with Gasteiger partial charge in [-0.2, -0.15) is 0 Å².